The van der Waals surface area contributed by atoms with Crippen molar-refractivity contribution in [2.75, 3.05) is 19.6 Å². The van der Waals surface area contributed by atoms with Crippen LogP contribution < -0.4 is 5.56 Å². The number of aromatic nitrogens is 2. The van der Waals surface area contributed by atoms with Gasteiger partial charge in [0.1, 0.15) is 0 Å². The molecular weight excluding hydrogens is 328 g/mol. The van der Waals surface area contributed by atoms with Gasteiger partial charge in [0.15, 0.2) is 0 Å². The molecule has 3 saturated heterocycles. The van der Waals surface area contributed by atoms with E-state index in [2.05, 4.69) is 16.0 Å². The van der Waals surface area contributed by atoms with Gasteiger partial charge in [0, 0.05) is 57.7 Å². The predicted molar refractivity (Wildman–Crippen MR) is 98.7 cm³/mol. The van der Waals surface area contributed by atoms with Crippen molar-refractivity contribution in [3.63, 3.8) is 0 Å². The van der Waals surface area contributed by atoms with E-state index in [-0.39, 0.29) is 11.5 Å². The Morgan fingerprint density at radius 3 is 2.81 bits per heavy atom. The minimum Gasteiger partial charge on any atom is -0.337 e. The summed E-state index contributed by atoms with van der Waals surface area (Å²) < 4.78 is 1.47. The van der Waals surface area contributed by atoms with Gasteiger partial charge in [-0.15, -0.1) is 0 Å². The van der Waals surface area contributed by atoms with E-state index < -0.39 is 0 Å². The van der Waals surface area contributed by atoms with Gasteiger partial charge >= 0.3 is 0 Å². The molecule has 0 aliphatic carbocycles. The van der Waals surface area contributed by atoms with Crippen molar-refractivity contribution >= 4 is 5.91 Å². The van der Waals surface area contributed by atoms with Gasteiger partial charge in [-0.05, 0) is 37.0 Å². The molecule has 2 aromatic rings. The summed E-state index contributed by atoms with van der Waals surface area (Å²) >= 11 is 0. The number of fused-ring (bicyclic) bond motifs is 4. The van der Waals surface area contributed by atoms with Crippen LogP contribution in [0.2, 0.25) is 0 Å². The van der Waals surface area contributed by atoms with Gasteiger partial charge in [-0.3, -0.25) is 19.5 Å². The minimum atomic E-state index is -0.0981. The molecule has 0 saturated carbocycles. The Bertz CT molecular complexity index is 848. The number of hydrogen-bond acceptors (Lipinski definition) is 4. The third kappa shape index (κ3) is 3.42. The molecule has 0 radical (unpaired) electrons. The van der Waals surface area contributed by atoms with E-state index in [0.717, 1.165) is 38.3 Å². The van der Waals surface area contributed by atoms with Crippen LogP contribution in [0.5, 0.6) is 0 Å². The molecule has 0 aromatic carbocycles. The lowest BCUT2D eigenvalue weighted by Crippen LogP contribution is -2.44. The van der Waals surface area contributed by atoms with Crippen LogP contribution in [0.3, 0.4) is 0 Å². The lowest BCUT2D eigenvalue weighted by atomic mass is 9.95. The van der Waals surface area contributed by atoms with Gasteiger partial charge < -0.3 is 9.47 Å². The summed E-state index contributed by atoms with van der Waals surface area (Å²) in [6.07, 6.45) is 5.76. The third-order valence-corrected chi connectivity index (χ3v) is 5.54. The lowest BCUT2D eigenvalue weighted by Gasteiger charge is -2.35. The van der Waals surface area contributed by atoms with Crippen molar-refractivity contribution in [1.82, 2.24) is 19.4 Å². The summed E-state index contributed by atoms with van der Waals surface area (Å²) in [5, 5.41) is 0. The number of pyridine rings is 2. The summed E-state index contributed by atoms with van der Waals surface area (Å²) in [4.78, 5) is 33.5. The molecule has 136 valence electrons. The SMILES string of the molecule is Cn1cc(C(=O)N2C[C@H]3CC[C@@H](C2)N(Cc2ccccn2)C3)ccc1=O. The zero-order valence-corrected chi connectivity index (χ0v) is 15.0. The predicted octanol–water partition coefficient (Wildman–Crippen LogP) is 1.52. The van der Waals surface area contributed by atoms with E-state index in [0.29, 0.717) is 17.5 Å². The van der Waals surface area contributed by atoms with Crippen molar-refractivity contribution in [3.8, 4) is 0 Å². The normalized spacial score (nSPS) is 23.0. The third-order valence-electron chi connectivity index (χ3n) is 5.54. The Kier molecular flexibility index (Phi) is 4.59. The van der Waals surface area contributed by atoms with Gasteiger partial charge in [0.2, 0.25) is 5.56 Å². The molecule has 2 bridgehead atoms. The number of carbonyl (C=O) groups excluding carboxylic acids is 1. The molecule has 0 N–H and O–H groups in total. The Morgan fingerprint density at radius 1 is 1.15 bits per heavy atom. The van der Waals surface area contributed by atoms with Crippen LogP contribution in [0.25, 0.3) is 0 Å². The van der Waals surface area contributed by atoms with Gasteiger partial charge in [-0.2, -0.15) is 0 Å². The van der Waals surface area contributed by atoms with Crippen LogP contribution >= 0.6 is 0 Å². The van der Waals surface area contributed by atoms with Crippen LogP contribution in [-0.2, 0) is 13.6 Å². The molecule has 6 heteroatoms. The second-order valence-corrected chi connectivity index (χ2v) is 7.42. The molecule has 2 aromatic heterocycles. The first-order valence-electron chi connectivity index (χ1n) is 9.20. The minimum absolute atomic E-state index is 0.0252. The summed E-state index contributed by atoms with van der Waals surface area (Å²) in [6.45, 7) is 3.38. The number of nitrogens with zero attached hydrogens (tertiary/aromatic N) is 4. The van der Waals surface area contributed by atoms with E-state index in [1.165, 1.54) is 17.1 Å². The highest BCUT2D eigenvalue weighted by atomic mass is 16.2. The molecule has 5 heterocycles. The van der Waals surface area contributed by atoms with Crippen LogP contribution in [0, 0.1) is 5.92 Å². The number of carbonyl (C=O) groups is 1. The largest absolute Gasteiger partial charge is 0.337 e. The van der Waals surface area contributed by atoms with Crippen molar-refractivity contribution in [3.05, 3.63) is 64.3 Å². The second kappa shape index (κ2) is 7.03. The second-order valence-electron chi connectivity index (χ2n) is 7.42. The first kappa shape index (κ1) is 17.0. The Hall–Kier alpha value is -2.47. The van der Waals surface area contributed by atoms with Crippen molar-refractivity contribution in [1.29, 1.82) is 0 Å². The van der Waals surface area contributed by atoms with Crippen LogP contribution in [0.4, 0.5) is 0 Å². The fourth-order valence-corrected chi connectivity index (χ4v) is 4.14. The van der Waals surface area contributed by atoms with Gasteiger partial charge in [0.05, 0.1) is 11.3 Å². The molecule has 0 unspecified atom stereocenters. The molecular formula is C20H24N4O2. The Balaban J connectivity index is 1.51. The fraction of sp³-hybridized carbons (Fsp3) is 0.450. The smallest absolute Gasteiger partial charge is 0.255 e. The van der Waals surface area contributed by atoms with Crippen LogP contribution in [0.1, 0.15) is 28.9 Å². The summed E-state index contributed by atoms with van der Waals surface area (Å²) in [5.74, 6) is 0.520. The molecule has 26 heavy (non-hydrogen) atoms. The van der Waals surface area contributed by atoms with Crippen molar-refractivity contribution < 1.29 is 4.79 Å². The average molecular weight is 352 g/mol. The highest BCUT2D eigenvalue weighted by Gasteiger charge is 2.36. The molecule has 3 fully saturated rings. The van der Waals surface area contributed by atoms with Crippen LogP contribution in [0.15, 0.2) is 47.5 Å². The van der Waals surface area contributed by atoms with E-state index in [4.69, 9.17) is 0 Å². The molecule has 2 atom stereocenters. The lowest BCUT2D eigenvalue weighted by molar-refractivity contribution is 0.0734. The Labute approximate surface area is 153 Å². The van der Waals surface area contributed by atoms with Crippen molar-refractivity contribution in [2.24, 2.45) is 13.0 Å². The molecule has 1 amide bonds. The van der Waals surface area contributed by atoms with E-state index in [1.807, 2.05) is 23.2 Å². The first-order chi connectivity index (χ1) is 12.6. The zero-order chi connectivity index (χ0) is 18.1. The Morgan fingerprint density at radius 2 is 2.04 bits per heavy atom. The molecule has 5 rings (SSSR count). The van der Waals surface area contributed by atoms with Gasteiger partial charge in [-0.1, -0.05) is 6.07 Å². The standard InChI is InChI=1S/C20H24N4O2/c1-22-12-16(6-8-19(22)25)20(26)24-11-15-5-7-18(14-24)23(10-15)13-17-4-2-3-9-21-17/h2-4,6,8-9,12,15,18H,5,7,10-11,13-14H2,1H3/t15-,18-/m0/s1. The molecule has 3 aliphatic rings. The molecule has 3 aliphatic heterocycles. The van der Waals surface area contributed by atoms with Gasteiger partial charge in [-0.25, -0.2) is 0 Å². The van der Waals surface area contributed by atoms with Crippen LogP contribution in [-0.4, -0.2) is 50.9 Å². The van der Waals surface area contributed by atoms with E-state index in [9.17, 15) is 9.59 Å². The van der Waals surface area contributed by atoms with Gasteiger partial charge in [0.25, 0.3) is 5.91 Å². The number of rotatable bonds is 3. The highest BCUT2D eigenvalue weighted by molar-refractivity contribution is 5.94. The monoisotopic (exact) mass is 352 g/mol. The molecule has 6 nitrogen and oxygen atoms in total. The summed E-state index contributed by atoms with van der Waals surface area (Å²) in [6, 6.07) is 9.49. The maximum Gasteiger partial charge on any atom is 0.255 e. The molecule has 0 spiro atoms. The maximum atomic E-state index is 13.0. The number of piperidine rings is 1. The fourth-order valence-electron chi connectivity index (χ4n) is 4.14. The summed E-state index contributed by atoms with van der Waals surface area (Å²) in [7, 11) is 1.68. The topological polar surface area (TPSA) is 58.4 Å². The number of aryl methyl sites for hydroxylation is 1. The number of amides is 1. The quantitative estimate of drug-likeness (QED) is 0.840. The first-order valence-corrected chi connectivity index (χ1v) is 9.20. The zero-order valence-electron chi connectivity index (χ0n) is 15.0. The maximum absolute atomic E-state index is 13.0. The summed E-state index contributed by atoms with van der Waals surface area (Å²) in [5.41, 5.74) is 1.57. The van der Waals surface area contributed by atoms with Crippen molar-refractivity contribution in [2.45, 2.75) is 25.4 Å². The highest BCUT2D eigenvalue weighted by Crippen LogP contribution is 2.29. The number of hydrogen-bond donors (Lipinski definition) is 0. The van der Waals surface area contributed by atoms with E-state index in [1.54, 1.807) is 19.3 Å². The average Bonchev–Trinajstić information content (AvgIpc) is 2.96. The van der Waals surface area contributed by atoms with E-state index >= 15 is 0 Å².